The van der Waals surface area contributed by atoms with E-state index >= 15 is 0 Å². The van der Waals surface area contributed by atoms with E-state index in [0.29, 0.717) is 17.0 Å². The smallest absolute Gasteiger partial charge is 0.126 e. The largest absolute Gasteiger partial charge is 0.381 e. The van der Waals surface area contributed by atoms with Crippen molar-refractivity contribution in [2.24, 2.45) is 5.41 Å². The van der Waals surface area contributed by atoms with Crippen LogP contribution in [-0.4, -0.2) is 25.3 Å². The molecule has 0 bridgehead atoms. The van der Waals surface area contributed by atoms with Crippen molar-refractivity contribution >= 4 is 11.6 Å². The van der Waals surface area contributed by atoms with Crippen LogP contribution in [0.2, 0.25) is 5.02 Å². The van der Waals surface area contributed by atoms with Gasteiger partial charge in [-0.15, -0.1) is 0 Å². The van der Waals surface area contributed by atoms with Gasteiger partial charge < -0.3 is 10.1 Å². The molecule has 4 heteroatoms. The summed E-state index contributed by atoms with van der Waals surface area (Å²) in [6.45, 7) is 8.81. The zero-order valence-corrected chi connectivity index (χ0v) is 13.9. The molecule has 118 valence electrons. The second-order valence-corrected chi connectivity index (χ2v) is 7.56. The Morgan fingerprint density at radius 3 is 2.57 bits per heavy atom. The minimum Gasteiger partial charge on any atom is -0.381 e. The third-order valence-corrected chi connectivity index (χ3v) is 4.36. The first-order valence-corrected chi connectivity index (χ1v) is 7.94. The molecule has 0 atom stereocenters. The van der Waals surface area contributed by atoms with Crippen molar-refractivity contribution in [1.29, 1.82) is 0 Å². The lowest BCUT2D eigenvalue weighted by Crippen LogP contribution is -2.47. The molecular formula is C17H25ClFNO. The molecule has 0 spiro atoms. The molecule has 0 saturated carbocycles. The molecule has 1 aliphatic heterocycles. The Hall–Kier alpha value is -0.640. The standard InChI is InChI=1S/C17H25ClFNO/c1-16(2,3)20-12-17(6-8-21-9-7-17)11-13-10-14(18)4-5-15(13)19/h4-5,10,20H,6-9,11-12H2,1-3H3. The van der Waals surface area contributed by atoms with Gasteiger partial charge in [-0.1, -0.05) is 11.6 Å². The first-order valence-electron chi connectivity index (χ1n) is 7.56. The number of nitrogens with one attached hydrogen (secondary N) is 1. The fraction of sp³-hybridized carbons (Fsp3) is 0.647. The molecule has 1 saturated heterocycles. The fourth-order valence-electron chi connectivity index (χ4n) is 2.76. The predicted molar refractivity (Wildman–Crippen MR) is 85.4 cm³/mol. The third-order valence-electron chi connectivity index (χ3n) is 4.12. The molecule has 0 aromatic heterocycles. The number of hydrogen-bond donors (Lipinski definition) is 1. The van der Waals surface area contributed by atoms with Crippen LogP contribution in [-0.2, 0) is 11.2 Å². The SMILES string of the molecule is CC(C)(C)NCC1(Cc2cc(Cl)ccc2F)CCOCC1. The van der Waals surface area contributed by atoms with Crippen molar-refractivity contribution in [3.63, 3.8) is 0 Å². The quantitative estimate of drug-likeness (QED) is 0.899. The molecular weight excluding hydrogens is 289 g/mol. The van der Waals surface area contributed by atoms with E-state index in [1.807, 2.05) is 0 Å². The average Bonchev–Trinajstić information content (AvgIpc) is 2.41. The van der Waals surface area contributed by atoms with E-state index in [9.17, 15) is 4.39 Å². The van der Waals surface area contributed by atoms with Gasteiger partial charge in [0, 0.05) is 30.3 Å². The normalized spacial score (nSPS) is 18.7. The summed E-state index contributed by atoms with van der Waals surface area (Å²) in [6.07, 6.45) is 2.59. The molecule has 1 fully saturated rings. The summed E-state index contributed by atoms with van der Waals surface area (Å²) in [5, 5.41) is 4.17. The van der Waals surface area contributed by atoms with Crippen LogP contribution in [0.15, 0.2) is 18.2 Å². The highest BCUT2D eigenvalue weighted by Crippen LogP contribution is 2.35. The van der Waals surface area contributed by atoms with Crippen LogP contribution >= 0.6 is 11.6 Å². The Morgan fingerprint density at radius 2 is 1.95 bits per heavy atom. The summed E-state index contributed by atoms with van der Waals surface area (Å²) in [4.78, 5) is 0. The first kappa shape index (κ1) is 16.7. The molecule has 1 aliphatic rings. The molecule has 2 nitrogen and oxygen atoms in total. The van der Waals surface area contributed by atoms with Crippen LogP contribution in [0, 0.1) is 11.2 Å². The van der Waals surface area contributed by atoms with Crippen LogP contribution in [0.25, 0.3) is 0 Å². The number of rotatable bonds is 4. The summed E-state index contributed by atoms with van der Waals surface area (Å²) in [5.74, 6) is -0.166. The van der Waals surface area contributed by atoms with E-state index in [4.69, 9.17) is 16.3 Å². The van der Waals surface area contributed by atoms with Crippen molar-refractivity contribution in [3.05, 3.63) is 34.6 Å². The minimum absolute atomic E-state index is 0.0387. The monoisotopic (exact) mass is 313 g/mol. The number of benzene rings is 1. The van der Waals surface area contributed by atoms with E-state index in [0.717, 1.165) is 32.6 Å². The molecule has 0 unspecified atom stereocenters. The lowest BCUT2D eigenvalue weighted by atomic mass is 9.74. The second kappa shape index (κ2) is 6.64. The van der Waals surface area contributed by atoms with Crippen LogP contribution < -0.4 is 5.32 Å². The average molecular weight is 314 g/mol. The number of ether oxygens (including phenoxy) is 1. The van der Waals surface area contributed by atoms with Crippen molar-refractivity contribution < 1.29 is 9.13 Å². The van der Waals surface area contributed by atoms with Gasteiger partial charge >= 0.3 is 0 Å². The van der Waals surface area contributed by atoms with Crippen molar-refractivity contribution in [2.75, 3.05) is 19.8 Å². The summed E-state index contributed by atoms with van der Waals surface area (Å²) >= 11 is 6.02. The number of halogens is 2. The Morgan fingerprint density at radius 1 is 1.29 bits per heavy atom. The van der Waals surface area contributed by atoms with E-state index in [1.54, 1.807) is 12.1 Å². The van der Waals surface area contributed by atoms with Crippen molar-refractivity contribution in [1.82, 2.24) is 5.32 Å². The van der Waals surface area contributed by atoms with Crippen LogP contribution in [0.4, 0.5) is 4.39 Å². The molecule has 2 rings (SSSR count). The highest BCUT2D eigenvalue weighted by molar-refractivity contribution is 6.30. The second-order valence-electron chi connectivity index (χ2n) is 7.13. The maximum Gasteiger partial charge on any atom is 0.126 e. The molecule has 1 N–H and O–H groups in total. The van der Waals surface area contributed by atoms with E-state index in [-0.39, 0.29) is 16.8 Å². The van der Waals surface area contributed by atoms with Gasteiger partial charge in [0.05, 0.1) is 0 Å². The molecule has 21 heavy (non-hydrogen) atoms. The highest BCUT2D eigenvalue weighted by Gasteiger charge is 2.34. The Balaban J connectivity index is 2.17. The van der Waals surface area contributed by atoms with Crippen LogP contribution in [0.5, 0.6) is 0 Å². The van der Waals surface area contributed by atoms with Crippen molar-refractivity contribution in [2.45, 2.75) is 45.6 Å². The van der Waals surface area contributed by atoms with Gasteiger partial charge in [-0.3, -0.25) is 0 Å². The van der Waals surface area contributed by atoms with E-state index < -0.39 is 0 Å². The van der Waals surface area contributed by atoms with Gasteiger partial charge in [0.25, 0.3) is 0 Å². The molecule has 1 heterocycles. The highest BCUT2D eigenvalue weighted by atomic mass is 35.5. The third kappa shape index (κ3) is 4.94. The van der Waals surface area contributed by atoms with Gasteiger partial charge in [-0.2, -0.15) is 0 Å². The summed E-state index contributed by atoms with van der Waals surface area (Å²) in [5.41, 5.74) is 0.801. The maximum atomic E-state index is 14.1. The molecule has 0 aliphatic carbocycles. The molecule has 1 aromatic carbocycles. The molecule has 0 radical (unpaired) electrons. The van der Waals surface area contributed by atoms with Crippen LogP contribution in [0.3, 0.4) is 0 Å². The zero-order valence-electron chi connectivity index (χ0n) is 13.1. The lowest BCUT2D eigenvalue weighted by molar-refractivity contribution is 0.0117. The summed E-state index contributed by atoms with van der Waals surface area (Å²) in [6, 6.07) is 4.82. The van der Waals surface area contributed by atoms with E-state index in [2.05, 4.69) is 26.1 Å². The van der Waals surface area contributed by atoms with Gasteiger partial charge in [0.2, 0.25) is 0 Å². The Labute approximate surface area is 132 Å². The van der Waals surface area contributed by atoms with Crippen LogP contribution in [0.1, 0.15) is 39.2 Å². The summed E-state index contributed by atoms with van der Waals surface area (Å²) in [7, 11) is 0. The number of hydrogen-bond acceptors (Lipinski definition) is 2. The fourth-order valence-corrected chi connectivity index (χ4v) is 2.95. The molecule has 1 aromatic rings. The minimum atomic E-state index is -0.166. The van der Waals surface area contributed by atoms with Crippen molar-refractivity contribution in [3.8, 4) is 0 Å². The zero-order chi connectivity index (χ0) is 15.5. The summed E-state index contributed by atoms with van der Waals surface area (Å²) < 4.78 is 19.6. The van der Waals surface area contributed by atoms with Gasteiger partial charge in [0.1, 0.15) is 5.82 Å². The Kier molecular flexibility index (Phi) is 5.29. The Bertz CT molecular complexity index is 478. The van der Waals surface area contributed by atoms with Gasteiger partial charge in [-0.05, 0) is 69.2 Å². The molecule has 0 amide bonds. The van der Waals surface area contributed by atoms with Gasteiger partial charge in [-0.25, -0.2) is 4.39 Å². The maximum absolute atomic E-state index is 14.1. The first-order chi connectivity index (χ1) is 9.80. The topological polar surface area (TPSA) is 21.3 Å². The lowest BCUT2D eigenvalue weighted by Gasteiger charge is -2.40. The van der Waals surface area contributed by atoms with Gasteiger partial charge in [0.15, 0.2) is 0 Å². The predicted octanol–water partition coefficient (Wildman–Crippen LogP) is 4.21. The van der Waals surface area contributed by atoms with E-state index in [1.165, 1.54) is 6.07 Å².